The zero-order valence-electron chi connectivity index (χ0n) is 7.50. The molecule has 0 aromatic carbocycles. The van der Waals surface area contributed by atoms with Crippen LogP contribution in [0.5, 0.6) is 0 Å². The van der Waals surface area contributed by atoms with E-state index in [1.165, 1.54) is 12.8 Å². The number of hydrogen-bond acceptors (Lipinski definition) is 2. The first-order valence-electron chi connectivity index (χ1n) is 4.17. The van der Waals surface area contributed by atoms with Gasteiger partial charge in [-0.2, -0.15) is 5.10 Å². The van der Waals surface area contributed by atoms with Crippen molar-refractivity contribution < 1.29 is 0 Å². The quantitative estimate of drug-likeness (QED) is 0.742. The Morgan fingerprint density at radius 1 is 1.67 bits per heavy atom. The van der Waals surface area contributed by atoms with Crippen LogP contribution in [0.1, 0.15) is 25.6 Å². The molecule has 0 amide bonds. The highest BCUT2D eigenvalue weighted by molar-refractivity contribution is 9.09. The molecule has 4 heteroatoms. The van der Waals surface area contributed by atoms with E-state index < -0.39 is 0 Å². The minimum atomic E-state index is 0.603. The first-order valence-corrected chi connectivity index (χ1v) is 5.08. The molecular weight excluding hydrogens is 218 g/mol. The predicted molar refractivity (Wildman–Crippen MR) is 52.3 cm³/mol. The lowest BCUT2D eigenvalue weighted by molar-refractivity contribution is 0.649. The predicted octanol–water partition coefficient (Wildman–Crippen LogP) is 1.92. The van der Waals surface area contributed by atoms with Gasteiger partial charge >= 0.3 is 0 Å². The van der Waals surface area contributed by atoms with Gasteiger partial charge in [-0.15, -0.1) is 0 Å². The molecule has 0 bridgehead atoms. The van der Waals surface area contributed by atoms with Crippen LogP contribution in [-0.4, -0.2) is 19.6 Å². The Kier molecular flexibility index (Phi) is 3.72. The van der Waals surface area contributed by atoms with Crippen molar-refractivity contribution in [2.75, 3.05) is 0 Å². The van der Waals surface area contributed by atoms with Crippen LogP contribution >= 0.6 is 15.9 Å². The topological polar surface area (TPSA) is 30.7 Å². The van der Waals surface area contributed by atoms with Crippen molar-refractivity contribution in [3.63, 3.8) is 0 Å². The largest absolute Gasteiger partial charge is 0.253 e. The molecular formula is C8H14BrN3. The normalized spacial score (nSPS) is 13.2. The van der Waals surface area contributed by atoms with Gasteiger partial charge in [0, 0.05) is 18.3 Å². The Morgan fingerprint density at radius 2 is 2.42 bits per heavy atom. The number of nitrogens with zero attached hydrogens (tertiary/aromatic N) is 3. The van der Waals surface area contributed by atoms with Crippen LogP contribution in [0.25, 0.3) is 0 Å². The van der Waals surface area contributed by atoms with E-state index in [0.29, 0.717) is 4.83 Å². The average Bonchev–Trinajstić information content (AvgIpc) is 2.36. The van der Waals surface area contributed by atoms with E-state index in [4.69, 9.17) is 0 Å². The summed E-state index contributed by atoms with van der Waals surface area (Å²) >= 11 is 3.51. The average molecular weight is 232 g/mol. The Labute approximate surface area is 81.3 Å². The van der Waals surface area contributed by atoms with Crippen LogP contribution in [-0.2, 0) is 13.5 Å². The van der Waals surface area contributed by atoms with Gasteiger partial charge in [-0.05, 0) is 12.8 Å². The molecule has 0 saturated carbocycles. The molecule has 1 unspecified atom stereocenters. The second kappa shape index (κ2) is 4.60. The molecule has 1 atom stereocenters. The molecule has 1 heterocycles. The van der Waals surface area contributed by atoms with E-state index in [1.54, 1.807) is 6.33 Å². The van der Waals surface area contributed by atoms with E-state index in [2.05, 4.69) is 32.9 Å². The summed E-state index contributed by atoms with van der Waals surface area (Å²) in [5.74, 6) is 1.07. The summed E-state index contributed by atoms with van der Waals surface area (Å²) in [6.45, 7) is 2.16. The smallest absolute Gasteiger partial charge is 0.138 e. The molecule has 0 aliphatic rings. The van der Waals surface area contributed by atoms with Gasteiger partial charge in [-0.25, -0.2) is 4.98 Å². The molecule has 0 spiro atoms. The van der Waals surface area contributed by atoms with Crippen LogP contribution in [0.2, 0.25) is 0 Å². The zero-order valence-corrected chi connectivity index (χ0v) is 9.08. The van der Waals surface area contributed by atoms with Crippen LogP contribution in [0.3, 0.4) is 0 Å². The second-order valence-corrected chi connectivity index (χ2v) is 4.54. The van der Waals surface area contributed by atoms with Crippen molar-refractivity contribution in [3.8, 4) is 0 Å². The zero-order chi connectivity index (χ0) is 8.97. The van der Waals surface area contributed by atoms with Crippen LogP contribution in [0.4, 0.5) is 0 Å². The molecule has 0 aliphatic heterocycles. The fourth-order valence-electron chi connectivity index (χ4n) is 1.09. The molecule has 0 N–H and O–H groups in total. The van der Waals surface area contributed by atoms with Crippen molar-refractivity contribution in [1.82, 2.24) is 14.8 Å². The molecule has 0 aliphatic carbocycles. The van der Waals surface area contributed by atoms with E-state index in [-0.39, 0.29) is 0 Å². The molecule has 1 rings (SSSR count). The second-order valence-electron chi connectivity index (χ2n) is 2.97. The number of aromatic nitrogens is 3. The van der Waals surface area contributed by atoms with Gasteiger partial charge in [0.05, 0.1) is 0 Å². The molecule has 0 saturated heterocycles. The first-order chi connectivity index (χ1) is 5.70. The lowest BCUT2D eigenvalue weighted by Gasteiger charge is -2.01. The SMILES string of the molecule is CC(Br)CCCc1ncnn1C. The van der Waals surface area contributed by atoms with Crippen LogP contribution in [0, 0.1) is 0 Å². The highest BCUT2D eigenvalue weighted by Gasteiger charge is 2.01. The number of hydrogen-bond donors (Lipinski definition) is 0. The molecule has 1 aromatic heterocycles. The standard InChI is InChI=1S/C8H14BrN3/c1-7(9)4-3-5-8-10-6-11-12(8)2/h6-7H,3-5H2,1-2H3. The van der Waals surface area contributed by atoms with Crippen molar-refractivity contribution in [1.29, 1.82) is 0 Å². The summed E-state index contributed by atoms with van der Waals surface area (Å²) in [5.41, 5.74) is 0. The fraction of sp³-hybridized carbons (Fsp3) is 0.750. The van der Waals surface area contributed by atoms with E-state index in [9.17, 15) is 0 Å². The minimum absolute atomic E-state index is 0.603. The lowest BCUT2D eigenvalue weighted by atomic mass is 10.2. The van der Waals surface area contributed by atoms with Gasteiger partial charge in [0.15, 0.2) is 0 Å². The van der Waals surface area contributed by atoms with E-state index in [1.807, 2.05) is 11.7 Å². The van der Waals surface area contributed by atoms with Gasteiger partial charge in [0.1, 0.15) is 12.2 Å². The summed E-state index contributed by atoms with van der Waals surface area (Å²) in [4.78, 5) is 4.75. The Hall–Kier alpha value is -0.380. The lowest BCUT2D eigenvalue weighted by Crippen LogP contribution is -2.01. The molecule has 0 radical (unpaired) electrons. The van der Waals surface area contributed by atoms with Crippen molar-refractivity contribution >= 4 is 15.9 Å². The van der Waals surface area contributed by atoms with Gasteiger partial charge in [-0.3, -0.25) is 4.68 Å². The van der Waals surface area contributed by atoms with Crippen LogP contribution in [0.15, 0.2) is 6.33 Å². The van der Waals surface area contributed by atoms with Crippen molar-refractivity contribution in [2.45, 2.75) is 31.0 Å². The third-order valence-electron chi connectivity index (χ3n) is 1.81. The maximum Gasteiger partial charge on any atom is 0.138 e. The highest BCUT2D eigenvalue weighted by atomic mass is 79.9. The molecule has 0 fully saturated rings. The van der Waals surface area contributed by atoms with Gasteiger partial charge < -0.3 is 0 Å². The third kappa shape index (κ3) is 2.93. The summed E-state index contributed by atoms with van der Waals surface area (Å²) in [6.07, 6.45) is 4.98. The summed E-state index contributed by atoms with van der Waals surface area (Å²) in [5, 5.41) is 4.01. The van der Waals surface area contributed by atoms with Gasteiger partial charge in [0.2, 0.25) is 0 Å². The number of alkyl halides is 1. The maximum absolute atomic E-state index is 4.15. The molecule has 3 nitrogen and oxygen atoms in total. The molecule has 68 valence electrons. The minimum Gasteiger partial charge on any atom is -0.253 e. The van der Waals surface area contributed by atoms with E-state index >= 15 is 0 Å². The van der Waals surface area contributed by atoms with Crippen LogP contribution < -0.4 is 0 Å². The first kappa shape index (κ1) is 9.71. The monoisotopic (exact) mass is 231 g/mol. The number of rotatable bonds is 4. The summed E-state index contributed by atoms with van der Waals surface area (Å²) < 4.78 is 1.83. The van der Waals surface area contributed by atoms with Crippen molar-refractivity contribution in [3.05, 3.63) is 12.2 Å². The Balaban J connectivity index is 2.29. The van der Waals surface area contributed by atoms with Gasteiger partial charge in [0.25, 0.3) is 0 Å². The Bertz CT molecular complexity index is 232. The highest BCUT2D eigenvalue weighted by Crippen LogP contribution is 2.08. The summed E-state index contributed by atoms with van der Waals surface area (Å²) in [6, 6.07) is 0. The van der Waals surface area contributed by atoms with Gasteiger partial charge in [-0.1, -0.05) is 22.9 Å². The Morgan fingerprint density at radius 3 is 2.92 bits per heavy atom. The maximum atomic E-state index is 4.15. The van der Waals surface area contributed by atoms with E-state index in [0.717, 1.165) is 12.2 Å². The molecule has 1 aromatic rings. The molecule has 12 heavy (non-hydrogen) atoms. The number of halogens is 1. The third-order valence-corrected chi connectivity index (χ3v) is 2.27. The fourth-order valence-corrected chi connectivity index (χ4v) is 1.41. The van der Waals surface area contributed by atoms with Crippen molar-refractivity contribution in [2.24, 2.45) is 7.05 Å². The summed E-state index contributed by atoms with van der Waals surface area (Å²) in [7, 11) is 1.93. The number of aryl methyl sites for hydroxylation is 2.